The Labute approximate surface area is 195 Å². The van der Waals surface area contributed by atoms with Gasteiger partial charge in [0.05, 0.1) is 24.8 Å². The van der Waals surface area contributed by atoms with Crippen molar-refractivity contribution in [2.24, 2.45) is 0 Å². The van der Waals surface area contributed by atoms with E-state index in [0.717, 1.165) is 43.9 Å². The minimum Gasteiger partial charge on any atom is -0.493 e. The molecule has 0 bridgehead atoms. The van der Waals surface area contributed by atoms with Crippen molar-refractivity contribution in [3.05, 3.63) is 64.7 Å². The minimum atomic E-state index is -0.156. The van der Waals surface area contributed by atoms with E-state index in [1.54, 1.807) is 25.3 Å². The maximum atomic E-state index is 12.8. The summed E-state index contributed by atoms with van der Waals surface area (Å²) >= 11 is 6.34. The lowest BCUT2D eigenvalue weighted by Crippen LogP contribution is -2.47. The number of nitrogens with one attached hydrogen (secondary N) is 1. The molecule has 2 aromatic carbocycles. The van der Waals surface area contributed by atoms with Gasteiger partial charge in [0.25, 0.3) is 0 Å². The monoisotopic (exact) mass is 457 g/mol. The third-order valence-corrected chi connectivity index (χ3v) is 5.80. The van der Waals surface area contributed by atoms with Crippen LogP contribution in [-0.2, 0) is 4.79 Å². The van der Waals surface area contributed by atoms with Crippen molar-refractivity contribution in [1.29, 1.82) is 0 Å². The molecule has 1 heterocycles. The van der Waals surface area contributed by atoms with Crippen molar-refractivity contribution in [2.75, 3.05) is 53.5 Å². The van der Waals surface area contributed by atoms with Gasteiger partial charge in [0.15, 0.2) is 11.5 Å². The fraction of sp³-hybridized carbons (Fsp3) is 0.400. The number of benzene rings is 2. The second kappa shape index (κ2) is 11.9. The van der Waals surface area contributed by atoms with Gasteiger partial charge in [-0.15, -0.1) is 0 Å². The second-order valence-corrected chi connectivity index (χ2v) is 8.28. The molecule has 1 unspecified atom stereocenters. The smallest absolute Gasteiger partial charge is 0.244 e. The number of hydrogen-bond donors (Lipinski definition) is 1. The fourth-order valence-electron chi connectivity index (χ4n) is 3.72. The summed E-state index contributed by atoms with van der Waals surface area (Å²) in [6, 6.07) is 13.6. The molecule has 172 valence electrons. The molecule has 1 N–H and O–H groups in total. The number of ether oxygens (including phenoxy) is 2. The molecule has 0 spiro atoms. The summed E-state index contributed by atoms with van der Waals surface area (Å²) in [4.78, 5) is 17.5. The Hall–Kier alpha value is -2.54. The molecule has 0 aliphatic carbocycles. The molecule has 1 fully saturated rings. The van der Waals surface area contributed by atoms with Crippen LogP contribution in [0.2, 0.25) is 5.02 Å². The highest BCUT2D eigenvalue weighted by molar-refractivity contribution is 6.32. The van der Waals surface area contributed by atoms with Crippen LogP contribution in [0.5, 0.6) is 11.5 Å². The van der Waals surface area contributed by atoms with Crippen molar-refractivity contribution in [3.8, 4) is 11.5 Å². The van der Waals surface area contributed by atoms with Crippen LogP contribution in [-0.4, -0.2) is 69.2 Å². The zero-order valence-corrected chi connectivity index (χ0v) is 19.8. The number of hydrogen-bond acceptors (Lipinski definition) is 5. The molecule has 1 amide bonds. The fourth-order valence-corrected chi connectivity index (χ4v) is 3.99. The summed E-state index contributed by atoms with van der Waals surface area (Å²) in [7, 11) is 3.71. The number of likely N-dealkylation sites (N-methyl/N-ethyl adjacent to an activating group) is 1. The van der Waals surface area contributed by atoms with Crippen molar-refractivity contribution < 1.29 is 14.3 Å². The Bertz CT molecular complexity index is 912. The SMILES string of the molecule is CCOc1c(Cl)cc(/C=C/C(=O)NC(CN2CCN(C)CC2)c2ccccc2)cc1OC. The molecule has 0 aromatic heterocycles. The highest BCUT2D eigenvalue weighted by atomic mass is 35.5. The number of rotatable bonds is 9. The van der Waals surface area contributed by atoms with Crippen LogP contribution in [0.4, 0.5) is 0 Å². The first-order valence-electron chi connectivity index (χ1n) is 10.9. The van der Waals surface area contributed by atoms with E-state index in [-0.39, 0.29) is 11.9 Å². The highest BCUT2D eigenvalue weighted by Crippen LogP contribution is 2.36. The van der Waals surface area contributed by atoms with Crippen LogP contribution in [0.3, 0.4) is 0 Å². The summed E-state index contributed by atoms with van der Waals surface area (Å²) in [5, 5.41) is 3.61. The average molecular weight is 458 g/mol. The first kappa shape index (κ1) is 24.1. The molecule has 2 aromatic rings. The van der Waals surface area contributed by atoms with E-state index in [0.29, 0.717) is 23.1 Å². The lowest BCUT2D eigenvalue weighted by molar-refractivity contribution is -0.117. The lowest BCUT2D eigenvalue weighted by Gasteiger charge is -2.34. The van der Waals surface area contributed by atoms with E-state index in [9.17, 15) is 4.79 Å². The quantitative estimate of drug-likeness (QED) is 0.579. The Kier molecular flexibility index (Phi) is 8.97. The summed E-state index contributed by atoms with van der Waals surface area (Å²) in [5.41, 5.74) is 1.86. The van der Waals surface area contributed by atoms with Crippen molar-refractivity contribution in [2.45, 2.75) is 13.0 Å². The number of methoxy groups -OCH3 is 1. The molecular formula is C25H32ClN3O3. The number of piperazine rings is 1. The van der Waals surface area contributed by atoms with Crippen LogP contribution in [0, 0.1) is 0 Å². The van der Waals surface area contributed by atoms with E-state index >= 15 is 0 Å². The number of nitrogens with zero attached hydrogens (tertiary/aromatic N) is 2. The molecule has 6 nitrogen and oxygen atoms in total. The van der Waals surface area contributed by atoms with E-state index < -0.39 is 0 Å². The minimum absolute atomic E-state index is 0.0878. The summed E-state index contributed by atoms with van der Waals surface area (Å²) in [6.45, 7) is 7.22. The van der Waals surface area contributed by atoms with Crippen LogP contribution in [0.25, 0.3) is 6.08 Å². The van der Waals surface area contributed by atoms with Gasteiger partial charge in [-0.1, -0.05) is 41.9 Å². The largest absolute Gasteiger partial charge is 0.493 e. The van der Waals surface area contributed by atoms with E-state index in [1.165, 1.54) is 6.08 Å². The normalized spacial score (nSPS) is 16.1. The van der Waals surface area contributed by atoms with Crippen molar-refractivity contribution in [1.82, 2.24) is 15.1 Å². The average Bonchev–Trinajstić information content (AvgIpc) is 2.80. The number of carbonyl (C=O) groups is 1. The zero-order chi connectivity index (χ0) is 22.9. The summed E-state index contributed by atoms with van der Waals surface area (Å²) < 4.78 is 10.9. The van der Waals surface area contributed by atoms with Gasteiger partial charge in [-0.2, -0.15) is 0 Å². The number of amides is 1. The predicted octanol–water partition coefficient (Wildman–Crippen LogP) is 3.87. The number of halogens is 1. The van der Waals surface area contributed by atoms with Crippen molar-refractivity contribution in [3.63, 3.8) is 0 Å². The van der Waals surface area contributed by atoms with Gasteiger partial charge >= 0.3 is 0 Å². The Balaban J connectivity index is 1.70. The molecule has 0 saturated carbocycles. The summed E-state index contributed by atoms with van der Waals surface area (Å²) in [6.07, 6.45) is 3.27. The summed E-state index contributed by atoms with van der Waals surface area (Å²) in [5.74, 6) is 0.892. The topological polar surface area (TPSA) is 54.0 Å². The van der Waals surface area contributed by atoms with Gasteiger partial charge < -0.3 is 19.7 Å². The van der Waals surface area contributed by atoms with E-state index in [1.807, 2.05) is 25.1 Å². The van der Waals surface area contributed by atoms with Crippen LogP contribution < -0.4 is 14.8 Å². The number of carbonyl (C=O) groups excluding carboxylic acids is 1. The second-order valence-electron chi connectivity index (χ2n) is 7.88. The molecule has 3 rings (SSSR count). The molecule has 1 aliphatic heterocycles. The van der Waals surface area contributed by atoms with Gasteiger partial charge in [-0.05, 0) is 43.3 Å². The van der Waals surface area contributed by atoms with Gasteiger partial charge in [-0.3, -0.25) is 9.69 Å². The van der Waals surface area contributed by atoms with E-state index in [4.69, 9.17) is 21.1 Å². The molecule has 0 radical (unpaired) electrons. The Morgan fingerprint density at radius 2 is 1.91 bits per heavy atom. The van der Waals surface area contributed by atoms with Crippen LogP contribution in [0.15, 0.2) is 48.5 Å². The lowest BCUT2D eigenvalue weighted by atomic mass is 10.1. The van der Waals surface area contributed by atoms with Crippen LogP contribution in [0.1, 0.15) is 24.1 Å². The third-order valence-electron chi connectivity index (χ3n) is 5.52. The molecule has 1 atom stereocenters. The Morgan fingerprint density at radius 1 is 1.19 bits per heavy atom. The zero-order valence-electron chi connectivity index (χ0n) is 19.0. The van der Waals surface area contributed by atoms with Gasteiger partial charge in [0.1, 0.15) is 0 Å². The molecular weight excluding hydrogens is 426 g/mol. The maximum Gasteiger partial charge on any atom is 0.244 e. The molecule has 32 heavy (non-hydrogen) atoms. The van der Waals surface area contributed by atoms with Gasteiger partial charge in [0, 0.05) is 38.8 Å². The van der Waals surface area contributed by atoms with Crippen molar-refractivity contribution >= 4 is 23.6 Å². The molecule has 1 saturated heterocycles. The molecule has 7 heteroatoms. The van der Waals surface area contributed by atoms with Crippen LogP contribution >= 0.6 is 11.6 Å². The third kappa shape index (κ3) is 6.73. The molecule has 1 aliphatic rings. The van der Waals surface area contributed by atoms with Gasteiger partial charge in [-0.25, -0.2) is 0 Å². The first-order chi connectivity index (χ1) is 15.5. The predicted molar refractivity (Wildman–Crippen MR) is 129 cm³/mol. The Morgan fingerprint density at radius 3 is 2.56 bits per heavy atom. The van der Waals surface area contributed by atoms with Gasteiger partial charge in [0.2, 0.25) is 5.91 Å². The standard InChI is InChI=1S/C25H32ClN3O3/c1-4-32-25-21(26)16-19(17-23(25)31-3)10-11-24(30)27-22(20-8-6-5-7-9-20)18-29-14-12-28(2)13-15-29/h5-11,16-17,22H,4,12-15,18H2,1-3H3,(H,27,30)/b11-10+. The first-order valence-corrected chi connectivity index (χ1v) is 11.3. The maximum absolute atomic E-state index is 12.8. The van der Waals surface area contributed by atoms with E-state index in [2.05, 4.69) is 34.3 Å². The highest BCUT2D eigenvalue weighted by Gasteiger charge is 2.20.